The molecule has 0 aliphatic heterocycles. The third-order valence-corrected chi connectivity index (χ3v) is 2.80. The summed E-state index contributed by atoms with van der Waals surface area (Å²) in [6.07, 6.45) is -0.583. The second-order valence-corrected chi connectivity index (χ2v) is 5.26. The van der Waals surface area contributed by atoms with Gasteiger partial charge in [0.2, 0.25) is 0 Å². The van der Waals surface area contributed by atoms with Crippen molar-refractivity contribution in [2.24, 2.45) is 5.92 Å². The number of halogens is 1. The van der Waals surface area contributed by atoms with E-state index in [1.807, 2.05) is 13.8 Å². The molecule has 19 heavy (non-hydrogen) atoms. The molecule has 1 amide bonds. The van der Waals surface area contributed by atoms with Crippen LogP contribution < -0.4 is 10.1 Å². The quantitative estimate of drug-likeness (QED) is 0.844. The Morgan fingerprint density at radius 2 is 2.11 bits per heavy atom. The zero-order chi connectivity index (χ0) is 14.4. The first-order chi connectivity index (χ1) is 8.90. The highest BCUT2D eigenvalue weighted by molar-refractivity contribution is 6.32. The van der Waals surface area contributed by atoms with Gasteiger partial charge in [-0.2, -0.15) is 0 Å². The molecular formula is C14H20ClNO3. The lowest BCUT2D eigenvalue weighted by atomic mass is 10.1. The predicted molar refractivity (Wildman–Crippen MR) is 75.4 cm³/mol. The Labute approximate surface area is 118 Å². The summed E-state index contributed by atoms with van der Waals surface area (Å²) in [7, 11) is 0. The van der Waals surface area contributed by atoms with Crippen molar-refractivity contribution in [2.75, 3.05) is 13.2 Å². The van der Waals surface area contributed by atoms with Gasteiger partial charge in [-0.3, -0.25) is 4.79 Å². The molecule has 5 heteroatoms. The Hall–Kier alpha value is -1.26. The fourth-order valence-corrected chi connectivity index (χ4v) is 1.65. The third-order valence-electron chi connectivity index (χ3n) is 2.50. The topological polar surface area (TPSA) is 58.6 Å². The van der Waals surface area contributed by atoms with Crippen LogP contribution in [0.5, 0.6) is 5.75 Å². The molecule has 0 spiro atoms. The molecule has 106 valence electrons. The summed E-state index contributed by atoms with van der Waals surface area (Å²) in [4.78, 5) is 11.5. The molecule has 0 radical (unpaired) electrons. The number of carbonyl (C=O) groups is 1. The van der Waals surface area contributed by atoms with Crippen molar-refractivity contribution >= 4 is 17.5 Å². The maximum atomic E-state index is 11.5. The molecule has 2 N–H and O–H groups in total. The number of hydrogen-bond donors (Lipinski definition) is 2. The fraction of sp³-hybridized carbons (Fsp3) is 0.500. The Bertz CT molecular complexity index is 433. The van der Waals surface area contributed by atoms with Crippen LogP contribution in [0.4, 0.5) is 0 Å². The van der Waals surface area contributed by atoms with Crippen molar-refractivity contribution in [1.29, 1.82) is 0 Å². The summed E-state index contributed by atoms with van der Waals surface area (Å²) >= 11 is 6.02. The van der Waals surface area contributed by atoms with Gasteiger partial charge in [-0.05, 0) is 30.5 Å². The minimum atomic E-state index is -0.583. The van der Waals surface area contributed by atoms with E-state index in [-0.39, 0.29) is 12.5 Å². The number of rotatable bonds is 6. The van der Waals surface area contributed by atoms with E-state index in [0.717, 1.165) is 0 Å². The maximum Gasteiger partial charge on any atom is 0.257 e. The van der Waals surface area contributed by atoms with Crippen LogP contribution in [0.1, 0.15) is 32.4 Å². The molecule has 4 nitrogen and oxygen atoms in total. The minimum absolute atomic E-state index is 0.0690. The smallest absolute Gasteiger partial charge is 0.257 e. The average Bonchev–Trinajstić information content (AvgIpc) is 2.34. The van der Waals surface area contributed by atoms with Crippen molar-refractivity contribution in [3.05, 3.63) is 28.8 Å². The lowest BCUT2D eigenvalue weighted by Gasteiger charge is -2.11. The summed E-state index contributed by atoms with van der Waals surface area (Å²) in [5.74, 6) is 0.660. The van der Waals surface area contributed by atoms with Crippen molar-refractivity contribution in [1.82, 2.24) is 5.32 Å². The van der Waals surface area contributed by atoms with Crippen LogP contribution in [0.2, 0.25) is 5.02 Å². The fourth-order valence-electron chi connectivity index (χ4n) is 1.41. The van der Waals surface area contributed by atoms with Crippen LogP contribution in [-0.2, 0) is 4.79 Å². The molecule has 0 aliphatic carbocycles. The van der Waals surface area contributed by atoms with Gasteiger partial charge in [0.15, 0.2) is 6.61 Å². The van der Waals surface area contributed by atoms with Gasteiger partial charge >= 0.3 is 0 Å². The van der Waals surface area contributed by atoms with E-state index in [4.69, 9.17) is 16.3 Å². The van der Waals surface area contributed by atoms with Crippen molar-refractivity contribution < 1.29 is 14.6 Å². The number of ether oxygens (including phenoxy) is 1. The first-order valence-corrected chi connectivity index (χ1v) is 6.65. The SMILES string of the molecule is CC(C)CNC(=O)COc1ccc([C@H](C)O)cc1Cl. The molecule has 0 saturated carbocycles. The van der Waals surface area contributed by atoms with E-state index in [2.05, 4.69) is 5.32 Å². The zero-order valence-electron chi connectivity index (χ0n) is 11.4. The molecule has 0 heterocycles. The monoisotopic (exact) mass is 285 g/mol. The lowest BCUT2D eigenvalue weighted by molar-refractivity contribution is -0.123. The number of benzene rings is 1. The highest BCUT2D eigenvalue weighted by atomic mass is 35.5. The third kappa shape index (κ3) is 5.49. The standard InChI is InChI=1S/C14H20ClNO3/c1-9(2)7-16-14(18)8-19-13-5-4-11(10(3)17)6-12(13)15/h4-6,9-10,17H,7-8H2,1-3H3,(H,16,18)/t10-/m0/s1. The molecule has 0 bridgehead atoms. The van der Waals surface area contributed by atoms with Crippen molar-refractivity contribution in [3.63, 3.8) is 0 Å². The number of aliphatic hydroxyl groups excluding tert-OH is 1. The molecule has 1 aromatic carbocycles. The van der Waals surface area contributed by atoms with Crippen LogP contribution in [0.3, 0.4) is 0 Å². The highest BCUT2D eigenvalue weighted by Crippen LogP contribution is 2.27. The van der Waals surface area contributed by atoms with E-state index < -0.39 is 6.10 Å². The van der Waals surface area contributed by atoms with E-state index in [9.17, 15) is 9.90 Å². The van der Waals surface area contributed by atoms with Gasteiger partial charge in [0.1, 0.15) is 5.75 Å². The predicted octanol–water partition coefficient (Wildman–Crippen LogP) is 2.54. The minimum Gasteiger partial charge on any atom is -0.482 e. The van der Waals surface area contributed by atoms with Gasteiger partial charge in [-0.25, -0.2) is 0 Å². The normalized spacial score (nSPS) is 12.3. The first-order valence-electron chi connectivity index (χ1n) is 6.27. The number of aliphatic hydroxyl groups is 1. The van der Waals surface area contributed by atoms with Gasteiger partial charge in [0.25, 0.3) is 5.91 Å². The Balaban J connectivity index is 2.51. The second-order valence-electron chi connectivity index (χ2n) is 4.85. The van der Waals surface area contributed by atoms with Crippen molar-refractivity contribution in [2.45, 2.75) is 26.9 Å². The molecule has 0 aromatic heterocycles. The lowest BCUT2D eigenvalue weighted by Crippen LogP contribution is -2.31. The number of nitrogens with one attached hydrogen (secondary N) is 1. The summed E-state index contributed by atoms with van der Waals surface area (Å²) < 4.78 is 5.34. The van der Waals surface area contributed by atoms with Crippen LogP contribution in [0.25, 0.3) is 0 Å². The molecule has 1 aromatic rings. The summed E-state index contributed by atoms with van der Waals surface area (Å²) in [5.41, 5.74) is 0.710. The van der Waals surface area contributed by atoms with Gasteiger partial charge in [0.05, 0.1) is 11.1 Å². The number of amides is 1. The van der Waals surface area contributed by atoms with E-state index >= 15 is 0 Å². The van der Waals surface area contributed by atoms with Crippen LogP contribution in [0.15, 0.2) is 18.2 Å². The summed E-state index contributed by atoms with van der Waals surface area (Å²) in [6.45, 7) is 6.25. The molecule has 0 aliphatic rings. The average molecular weight is 286 g/mol. The number of hydrogen-bond acceptors (Lipinski definition) is 3. The van der Waals surface area contributed by atoms with Crippen molar-refractivity contribution in [3.8, 4) is 5.75 Å². The Kier molecular flexibility index (Phi) is 6.12. The Morgan fingerprint density at radius 3 is 2.63 bits per heavy atom. The Morgan fingerprint density at radius 1 is 1.42 bits per heavy atom. The largest absolute Gasteiger partial charge is 0.482 e. The highest BCUT2D eigenvalue weighted by Gasteiger charge is 2.09. The van der Waals surface area contributed by atoms with Gasteiger partial charge in [-0.1, -0.05) is 31.5 Å². The van der Waals surface area contributed by atoms with E-state index in [1.54, 1.807) is 25.1 Å². The second kappa shape index (κ2) is 7.36. The van der Waals surface area contributed by atoms with Gasteiger partial charge in [-0.15, -0.1) is 0 Å². The van der Waals surface area contributed by atoms with Gasteiger partial charge in [0, 0.05) is 6.54 Å². The summed E-state index contributed by atoms with van der Waals surface area (Å²) in [5, 5.41) is 12.6. The molecular weight excluding hydrogens is 266 g/mol. The maximum absolute atomic E-state index is 11.5. The molecule has 0 saturated heterocycles. The molecule has 1 atom stereocenters. The van der Waals surface area contributed by atoms with E-state index in [0.29, 0.717) is 28.8 Å². The molecule has 0 fully saturated rings. The van der Waals surface area contributed by atoms with Crippen LogP contribution in [-0.4, -0.2) is 24.2 Å². The molecule has 1 rings (SSSR count). The van der Waals surface area contributed by atoms with Crippen LogP contribution >= 0.6 is 11.6 Å². The van der Waals surface area contributed by atoms with Crippen LogP contribution in [0, 0.1) is 5.92 Å². The van der Waals surface area contributed by atoms with Gasteiger partial charge < -0.3 is 15.2 Å². The first kappa shape index (κ1) is 15.8. The number of carbonyl (C=O) groups excluding carboxylic acids is 1. The summed E-state index contributed by atoms with van der Waals surface area (Å²) in [6, 6.07) is 5.01. The van der Waals surface area contributed by atoms with E-state index in [1.165, 1.54) is 0 Å². The zero-order valence-corrected chi connectivity index (χ0v) is 12.2. The molecule has 0 unspecified atom stereocenters.